The summed E-state index contributed by atoms with van der Waals surface area (Å²) in [5.41, 5.74) is 5.77. The van der Waals surface area contributed by atoms with Gasteiger partial charge in [0.25, 0.3) is 5.91 Å². The smallest absolute Gasteiger partial charge is 0.267 e. The van der Waals surface area contributed by atoms with Gasteiger partial charge in [-0.15, -0.1) is 23.7 Å². The summed E-state index contributed by atoms with van der Waals surface area (Å²) in [6.07, 6.45) is 0.888. The molecule has 0 bridgehead atoms. The SMILES string of the molecule is COc1ccsc1C(=O)N1CCC(N)C1.Cl. The molecule has 1 fully saturated rings. The third-order valence-corrected chi connectivity index (χ3v) is 3.44. The fraction of sp³-hybridized carbons (Fsp3) is 0.500. The minimum atomic E-state index is 0. The van der Waals surface area contributed by atoms with Gasteiger partial charge in [-0.05, 0) is 17.9 Å². The van der Waals surface area contributed by atoms with Crippen LogP contribution < -0.4 is 10.5 Å². The monoisotopic (exact) mass is 262 g/mol. The molecule has 2 rings (SSSR count). The van der Waals surface area contributed by atoms with E-state index in [0.29, 0.717) is 17.2 Å². The summed E-state index contributed by atoms with van der Waals surface area (Å²) in [7, 11) is 1.58. The zero-order chi connectivity index (χ0) is 10.8. The fourth-order valence-electron chi connectivity index (χ4n) is 1.73. The Morgan fingerprint density at radius 2 is 2.44 bits per heavy atom. The number of halogens is 1. The normalized spacial score (nSPS) is 19.4. The van der Waals surface area contributed by atoms with Crippen LogP contribution in [0.5, 0.6) is 5.75 Å². The van der Waals surface area contributed by atoms with E-state index in [9.17, 15) is 4.79 Å². The molecule has 0 aliphatic carbocycles. The highest BCUT2D eigenvalue weighted by molar-refractivity contribution is 7.12. The van der Waals surface area contributed by atoms with Crippen molar-refractivity contribution in [2.45, 2.75) is 12.5 Å². The summed E-state index contributed by atoms with van der Waals surface area (Å²) in [5.74, 6) is 0.695. The van der Waals surface area contributed by atoms with E-state index in [-0.39, 0.29) is 24.4 Å². The molecule has 1 unspecified atom stereocenters. The van der Waals surface area contributed by atoms with Crippen LogP contribution in [0, 0.1) is 0 Å². The molecule has 0 aromatic carbocycles. The summed E-state index contributed by atoms with van der Waals surface area (Å²) < 4.78 is 5.12. The van der Waals surface area contributed by atoms with Gasteiger partial charge < -0.3 is 15.4 Å². The highest BCUT2D eigenvalue weighted by Gasteiger charge is 2.27. The topological polar surface area (TPSA) is 55.6 Å². The van der Waals surface area contributed by atoms with E-state index in [2.05, 4.69) is 0 Å². The van der Waals surface area contributed by atoms with Crippen molar-refractivity contribution in [3.8, 4) is 5.75 Å². The first kappa shape index (κ1) is 13.3. The molecule has 1 atom stereocenters. The molecule has 1 aliphatic heterocycles. The second kappa shape index (κ2) is 5.52. The lowest BCUT2D eigenvalue weighted by Gasteiger charge is -2.15. The number of methoxy groups -OCH3 is 1. The maximum Gasteiger partial charge on any atom is 0.267 e. The lowest BCUT2D eigenvalue weighted by Crippen LogP contribution is -2.31. The van der Waals surface area contributed by atoms with Crippen molar-refractivity contribution in [3.63, 3.8) is 0 Å². The van der Waals surface area contributed by atoms with Gasteiger partial charge in [0.15, 0.2) is 0 Å². The van der Waals surface area contributed by atoms with Gasteiger partial charge in [0.2, 0.25) is 0 Å². The number of hydrogen-bond donors (Lipinski definition) is 1. The molecule has 0 saturated carbocycles. The molecule has 16 heavy (non-hydrogen) atoms. The van der Waals surface area contributed by atoms with Crippen molar-refractivity contribution >= 4 is 29.7 Å². The maximum absolute atomic E-state index is 12.0. The maximum atomic E-state index is 12.0. The van der Waals surface area contributed by atoms with E-state index in [1.165, 1.54) is 11.3 Å². The van der Waals surface area contributed by atoms with E-state index in [0.717, 1.165) is 13.0 Å². The Labute approximate surface area is 105 Å². The molecule has 90 valence electrons. The number of nitrogens with zero attached hydrogens (tertiary/aromatic N) is 1. The number of amides is 1. The average Bonchev–Trinajstić information content (AvgIpc) is 2.84. The predicted octanol–water partition coefficient (Wildman–Crippen LogP) is 1.35. The minimum Gasteiger partial charge on any atom is -0.495 e. The number of ether oxygens (including phenoxy) is 1. The summed E-state index contributed by atoms with van der Waals surface area (Å²) >= 11 is 1.41. The quantitative estimate of drug-likeness (QED) is 0.875. The molecule has 0 radical (unpaired) electrons. The van der Waals surface area contributed by atoms with Gasteiger partial charge in [-0.3, -0.25) is 4.79 Å². The zero-order valence-electron chi connectivity index (χ0n) is 9.01. The average molecular weight is 263 g/mol. The van der Waals surface area contributed by atoms with Crippen molar-refractivity contribution in [1.82, 2.24) is 4.90 Å². The fourth-order valence-corrected chi connectivity index (χ4v) is 2.55. The second-order valence-corrected chi connectivity index (χ2v) is 4.53. The van der Waals surface area contributed by atoms with Crippen molar-refractivity contribution in [2.24, 2.45) is 5.73 Å². The number of likely N-dealkylation sites (tertiary alicyclic amines) is 1. The molecule has 0 spiro atoms. The van der Waals surface area contributed by atoms with E-state index in [1.807, 2.05) is 11.4 Å². The Kier molecular flexibility index (Phi) is 4.58. The van der Waals surface area contributed by atoms with Crippen LogP contribution in [0.3, 0.4) is 0 Å². The molecule has 4 nitrogen and oxygen atoms in total. The Hall–Kier alpha value is -0.780. The third-order valence-electron chi connectivity index (χ3n) is 2.56. The first-order valence-electron chi connectivity index (χ1n) is 4.88. The number of carbonyl (C=O) groups is 1. The van der Waals surface area contributed by atoms with Gasteiger partial charge in [0.1, 0.15) is 10.6 Å². The van der Waals surface area contributed by atoms with Crippen LogP contribution in [0.1, 0.15) is 16.1 Å². The summed E-state index contributed by atoms with van der Waals surface area (Å²) in [6.45, 7) is 1.40. The molecule has 2 N–H and O–H groups in total. The standard InChI is InChI=1S/C10H14N2O2S.ClH/c1-14-8-3-5-15-9(8)10(13)12-4-2-7(11)6-12;/h3,5,7H,2,4,6,11H2,1H3;1H. The number of nitrogens with two attached hydrogens (primary N) is 1. The molecule has 1 aliphatic rings. The van der Waals surface area contributed by atoms with Gasteiger partial charge >= 0.3 is 0 Å². The highest BCUT2D eigenvalue weighted by Crippen LogP contribution is 2.26. The largest absolute Gasteiger partial charge is 0.495 e. The molecule has 1 saturated heterocycles. The van der Waals surface area contributed by atoms with Crippen molar-refractivity contribution in [2.75, 3.05) is 20.2 Å². The van der Waals surface area contributed by atoms with Crippen LogP contribution in [-0.4, -0.2) is 37.0 Å². The van der Waals surface area contributed by atoms with Gasteiger partial charge in [0, 0.05) is 19.1 Å². The molecular weight excluding hydrogens is 248 g/mol. The molecule has 1 aromatic heterocycles. The van der Waals surface area contributed by atoms with E-state index in [1.54, 1.807) is 12.0 Å². The van der Waals surface area contributed by atoms with Crippen LogP contribution in [0.2, 0.25) is 0 Å². The van der Waals surface area contributed by atoms with Crippen LogP contribution >= 0.6 is 23.7 Å². The second-order valence-electron chi connectivity index (χ2n) is 3.62. The molecular formula is C10H15ClN2O2S. The van der Waals surface area contributed by atoms with Crippen LogP contribution in [-0.2, 0) is 0 Å². The van der Waals surface area contributed by atoms with Crippen LogP contribution in [0.15, 0.2) is 11.4 Å². The molecule has 2 heterocycles. The molecule has 1 amide bonds. The van der Waals surface area contributed by atoms with E-state index < -0.39 is 0 Å². The van der Waals surface area contributed by atoms with Gasteiger partial charge in [-0.1, -0.05) is 0 Å². The Balaban J connectivity index is 0.00000128. The van der Waals surface area contributed by atoms with E-state index in [4.69, 9.17) is 10.5 Å². The Bertz CT molecular complexity index is 369. The number of hydrogen-bond acceptors (Lipinski definition) is 4. The van der Waals surface area contributed by atoms with Crippen LogP contribution in [0.4, 0.5) is 0 Å². The summed E-state index contributed by atoms with van der Waals surface area (Å²) in [4.78, 5) is 14.5. The third kappa shape index (κ3) is 2.48. The molecule has 1 aromatic rings. The minimum absolute atomic E-state index is 0. The lowest BCUT2D eigenvalue weighted by atomic mass is 10.3. The number of carbonyl (C=O) groups excluding carboxylic acids is 1. The first-order valence-corrected chi connectivity index (χ1v) is 5.76. The number of thiophene rings is 1. The number of rotatable bonds is 2. The lowest BCUT2D eigenvalue weighted by molar-refractivity contribution is 0.0792. The van der Waals surface area contributed by atoms with Crippen molar-refractivity contribution < 1.29 is 9.53 Å². The Morgan fingerprint density at radius 3 is 3.00 bits per heavy atom. The van der Waals surface area contributed by atoms with Crippen LogP contribution in [0.25, 0.3) is 0 Å². The van der Waals surface area contributed by atoms with Gasteiger partial charge in [0.05, 0.1) is 7.11 Å². The Morgan fingerprint density at radius 1 is 1.69 bits per heavy atom. The van der Waals surface area contributed by atoms with E-state index >= 15 is 0 Å². The van der Waals surface area contributed by atoms with Gasteiger partial charge in [-0.2, -0.15) is 0 Å². The zero-order valence-corrected chi connectivity index (χ0v) is 10.6. The van der Waals surface area contributed by atoms with Gasteiger partial charge in [-0.25, -0.2) is 0 Å². The van der Waals surface area contributed by atoms with Crippen molar-refractivity contribution in [3.05, 3.63) is 16.3 Å². The molecule has 6 heteroatoms. The predicted molar refractivity (Wildman–Crippen MR) is 66.6 cm³/mol. The highest BCUT2D eigenvalue weighted by atomic mass is 35.5. The summed E-state index contributed by atoms with van der Waals surface area (Å²) in [5, 5.41) is 1.86. The summed E-state index contributed by atoms with van der Waals surface area (Å²) in [6, 6.07) is 1.94. The first-order chi connectivity index (χ1) is 7.22. The van der Waals surface area contributed by atoms with Crippen molar-refractivity contribution in [1.29, 1.82) is 0 Å².